The van der Waals surface area contributed by atoms with E-state index in [4.69, 9.17) is 0 Å². The predicted molar refractivity (Wildman–Crippen MR) is 137 cm³/mol. The molecule has 4 heterocycles. The van der Waals surface area contributed by atoms with Crippen molar-refractivity contribution in [3.63, 3.8) is 0 Å². The monoisotopic (exact) mass is 680 g/mol. The van der Waals surface area contributed by atoms with E-state index in [-0.39, 0.29) is 20.1 Å². The molecule has 0 fully saturated rings. The van der Waals surface area contributed by atoms with Gasteiger partial charge >= 0.3 is 0 Å². The zero-order chi connectivity index (χ0) is 26.0. The first-order chi connectivity index (χ1) is 18.0. The van der Waals surface area contributed by atoms with Crippen LogP contribution in [0.5, 0.6) is 0 Å². The molecule has 0 N–H and O–H groups in total. The Morgan fingerprint density at radius 1 is 0.816 bits per heavy atom. The van der Waals surface area contributed by atoms with Gasteiger partial charge in [-0.1, -0.05) is 37.5 Å². The maximum Gasteiger partial charge on any atom is 0.241 e. The van der Waals surface area contributed by atoms with Crippen molar-refractivity contribution in [2.45, 2.75) is 13.8 Å². The fourth-order valence-electron chi connectivity index (χ4n) is 3.29. The Labute approximate surface area is 236 Å². The van der Waals surface area contributed by atoms with Crippen LogP contribution in [0.1, 0.15) is 11.1 Å². The number of rotatable bonds is 3. The van der Waals surface area contributed by atoms with Crippen LogP contribution in [0.3, 0.4) is 0 Å². The average Bonchev–Trinajstić information content (AvgIpc) is 3.68. The molecule has 6 rings (SSSR count). The number of aryl methyl sites for hydroxylation is 4. The zero-order valence-corrected chi connectivity index (χ0v) is 24.0. The van der Waals surface area contributed by atoms with Gasteiger partial charge in [0.15, 0.2) is 0 Å². The quantitative estimate of drug-likeness (QED) is 0.213. The minimum absolute atomic E-state index is 0. The van der Waals surface area contributed by atoms with Crippen LogP contribution in [0, 0.1) is 38.6 Å². The largest absolute Gasteiger partial charge is 0.358 e. The Balaban J connectivity index is 0.000000156. The van der Waals surface area contributed by atoms with Gasteiger partial charge in [-0.25, -0.2) is 0 Å². The van der Waals surface area contributed by atoms with Crippen LogP contribution in [0.2, 0.25) is 0 Å². The van der Waals surface area contributed by atoms with Gasteiger partial charge in [0.1, 0.15) is 0 Å². The molecule has 0 amide bonds. The van der Waals surface area contributed by atoms with Gasteiger partial charge in [0.05, 0.1) is 19.8 Å². The first kappa shape index (κ1) is 28.4. The van der Waals surface area contributed by atoms with E-state index in [2.05, 4.69) is 71.2 Å². The van der Waals surface area contributed by atoms with Crippen LogP contribution < -0.4 is 14.2 Å². The fraction of sp³-hybridized carbons (Fsp3) is 0.138. The molecule has 0 unspecified atom stereocenters. The second-order valence-electron chi connectivity index (χ2n) is 8.29. The smallest absolute Gasteiger partial charge is 0.241 e. The van der Waals surface area contributed by atoms with Crippen molar-refractivity contribution < 1.29 is 29.2 Å². The minimum atomic E-state index is 0. The Morgan fingerprint density at radius 3 is 1.79 bits per heavy atom. The van der Waals surface area contributed by atoms with E-state index in [0.29, 0.717) is 5.69 Å². The molecule has 8 nitrogen and oxygen atoms in total. The summed E-state index contributed by atoms with van der Waals surface area (Å²) in [6, 6.07) is 24.0. The zero-order valence-electron chi connectivity index (χ0n) is 21.6. The molecule has 0 atom stereocenters. The average molecular weight is 680 g/mol. The van der Waals surface area contributed by atoms with Crippen LogP contribution in [0.4, 0.5) is 0 Å². The molecule has 0 saturated carbocycles. The molecule has 0 aliphatic carbocycles. The first-order valence-electron chi connectivity index (χ1n) is 11.6. The third kappa shape index (κ3) is 8.16. The van der Waals surface area contributed by atoms with Gasteiger partial charge in [0.25, 0.3) is 0 Å². The second-order valence-corrected chi connectivity index (χ2v) is 8.29. The van der Waals surface area contributed by atoms with E-state index in [9.17, 15) is 0 Å². The van der Waals surface area contributed by atoms with Crippen molar-refractivity contribution in [1.82, 2.24) is 29.5 Å². The van der Waals surface area contributed by atoms with Crippen molar-refractivity contribution in [3.05, 3.63) is 128 Å². The SMILES string of the molecule is Cc1cc[c-]c(-n2[c-][n+](C)cc2)c1.Cc1cc[c-]c(-n2[c-][n+](C)cc2)c1.[Ir].c1ccc(-c2cnn[n-]2)nc1. The van der Waals surface area contributed by atoms with E-state index < -0.39 is 0 Å². The summed E-state index contributed by atoms with van der Waals surface area (Å²) in [5.41, 5.74) is 6.04. The summed E-state index contributed by atoms with van der Waals surface area (Å²) in [6.07, 6.45) is 17.4. The van der Waals surface area contributed by atoms with Gasteiger partial charge in [0.2, 0.25) is 12.7 Å². The maximum atomic E-state index is 4.08. The van der Waals surface area contributed by atoms with Crippen molar-refractivity contribution in [2.24, 2.45) is 14.1 Å². The fourth-order valence-corrected chi connectivity index (χ4v) is 3.29. The Morgan fingerprint density at radius 2 is 1.39 bits per heavy atom. The molecule has 0 bridgehead atoms. The summed E-state index contributed by atoms with van der Waals surface area (Å²) < 4.78 is 7.62. The third-order valence-corrected chi connectivity index (χ3v) is 5.12. The number of pyridine rings is 1. The van der Waals surface area contributed by atoms with E-state index in [1.807, 2.05) is 99.6 Å². The number of hydrogen-bond donors (Lipinski definition) is 0. The molecule has 1 radical (unpaired) electrons. The predicted octanol–water partition coefficient (Wildman–Crippen LogP) is 2.91. The van der Waals surface area contributed by atoms with E-state index in [1.165, 1.54) is 11.1 Å². The van der Waals surface area contributed by atoms with Crippen LogP contribution in [0.15, 0.2) is 91.8 Å². The number of aromatic nitrogens is 8. The Bertz CT molecular complexity index is 1440. The molecular weight excluding hydrogens is 653 g/mol. The van der Waals surface area contributed by atoms with Crippen molar-refractivity contribution in [1.29, 1.82) is 0 Å². The summed E-state index contributed by atoms with van der Waals surface area (Å²) in [5.74, 6) is 0. The molecule has 2 aromatic carbocycles. The molecule has 0 aliphatic rings. The summed E-state index contributed by atoms with van der Waals surface area (Å²) in [6.45, 7) is 4.14. The van der Waals surface area contributed by atoms with Gasteiger partial charge in [0, 0.05) is 51.1 Å². The molecule has 38 heavy (non-hydrogen) atoms. The van der Waals surface area contributed by atoms with Gasteiger partial charge in [-0.15, -0.1) is 0 Å². The molecular formula is C29H27IrN8-3. The number of imidazole rings is 2. The summed E-state index contributed by atoms with van der Waals surface area (Å²) in [7, 11) is 3.90. The molecule has 0 spiro atoms. The van der Waals surface area contributed by atoms with Crippen LogP contribution in [0.25, 0.3) is 22.8 Å². The Hall–Kier alpha value is -4.20. The molecule has 0 aliphatic heterocycles. The molecule has 0 saturated heterocycles. The second kappa shape index (κ2) is 13.9. The first-order valence-corrected chi connectivity index (χ1v) is 11.6. The third-order valence-electron chi connectivity index (χ3n) is 5.12. The van der Waals surface area contributed by atoms with Crippen LogP contribution in [-0.4, -0.2) is 24.4 Å². The van der Waals surface area contributed by atoms with Gasteiger partial charge in [-0.05, 0) is 17.8 Å². The maximum absolute atomic E-state index is 4.08. The summed E-state index contributed by atoms with van der Waals surface area (Å²) >= 11 is 0. The van der Waals surface area contributed by atoms with Crippen molar-refractivity contribution in [3.8, 4) is 22.8 Å². The molecule has 9 heteroatoms. The van der Waals surface area contributed by atoms with E-state index in [0.717, 1.165) is 17.1 Å². The van der Waals surface area contributed by atoms with Gasteiger partial charge < -0.3 is 28.5 Å². The van der Waals surface area contributed by atoms with Gasteiger partial charge in [-0.3, -0.25) is 10.2 Å². The minimum Gasteiger partial charge on any atom is -0.358 e. The van der Waals surface area contributed by atoms with Crippen molar-refractivity contribution in [2.75, 3.05) is 0 Å². The number of benzene rings is 2. The normalized spacial score (nSPS) is 9.89. The number of hydrogen-bond acceptors (Lipinski definition) is 3. The summed E-state index contributed by atoms with van der Waals surface area (Å²) in [5, 5.41) is 10.8. The van der Waals surface area contributed by atoms with Crippen LogP contribution in [-0.2, 0) is 34.2 Å². The Kier molecular flexibility index (Phi) is 10.4. The van der Waals surface area contributed by atoms with Gasteiger partial charge in [-0.2, -0.15) is 59.7 Å². The van der Waals surface area contributed by atoms with Crippen LogP contribution >= 0.6 is 0 Å². The molecule has 4 aromatic heterocycles. The molecule has 6 aromatic rings. The topological polar surface area (TPSA) is 70.4 Å². The summed E-state index contributed by atoms with van der Waals surface area (Å²) in [4.78, 5) is 4.08. The van der Waals surface area contributed by atoms with E-state index >= 15 is 0 Å². The van der Waals surface area contributed by atoms with Crippen molar-refractivity contribution >= 4 is 0 Å². The molecule has 195 valence electrons. The standard InChI is InChI=1S/2C11H11N2.C7H5N4.Ir/c2*1-10-4-3-5-11(8-10)13-7-6-12(2)9-13;1-2-4-8-6(3-1)7-5-9-11-10-7;/h2*3-4,6-8H,1-2H3;1-5H;/q3*-1;. The van der Waals surface area contributed by atoms with E-state index in [1.54, 1.807) is 12.4 Å². The number of nitrogens with zero attached hydrogens (tertiary/aromatic N) is 8.